The number of nitrogens with one attached hydrogen (secondary N) is 1. The van der Waals surface area contributed by atoms with Gasteiger partial charge in [0.1, 0.15) is 0 Å². The lowest BCUT2D eigenvalue weighted by molar-refractivity contribution is 0.560. The standard InChI is InChI=1S/C13H23ClN2O2S2/c1-2-3-4-5-6-7-8-9-10-16-20(17,18)12-11-15-13(14)19-12/h11,16H,2-10H2,1H3. The lowest BCUT2D eigenvalue weighted by Gasteiger charge is -2.04. The number of aromatic nitrogens is 1. The van der Waals surface area contributed by atoms with Gasteiger partial charge >= 0.3 is 0 Å². The Bertz CT molecular complexity index is 474. The van der Waals surface area contributed by atoms with Gasteiger partial charge in [0.25, 0.3) is 10.0 Å². The van der Waals surface area contributed by atoms with E-state index in [4.69, 9.17) is 11.6 Å². The molecule has 4 nitrogen and oxygen atoms in total. The Morgan fingerprint density at radius 2 is 1.75 bits per heavy atom. The van der Waals surface area contributed by atoms with Gasteiger partial charge in [0, 0.05) is 6.54 Å². The zero-order valence-corrected chi connectivity index (χ0v) is 14.3. The number of sulfonamides is 1. The minimum atomic E-state index is -3.42. The molecule has 0 fully saturated rings. The van der Waals surface area contributed by atoms with Crippen molar-refractivity contribution in [2.24, 2.45) is 0 Å². The second-order valence-corrected chi connectivity index (χ2v) is 8.41. The van der Waals surface area contributed by atoms with E-state index >= 15 is 0 Å². The highest BCUT2D eigenvalue weighted by Crippen LogP contribution is 2.22. The predicted octanol–water partition coefficient (Wildman–Crippen LogP) is 4.22. The van der Waals surface area contributed by atoms with Crippen molar-refractivity contribution in [2.45, 2.75) is 62.5 Å². The van der Waals surface area contributed by atoms with Crippen molar-refractivity contribution in [1.29, 1.82) is 0 Å². The first-order valence-electron chi connectivity index (χ1n) is 7.17. The number of unbranched alkanes of at least 4 members (excludes halogenated alkanes) is 7. The Kier molecular flexibility index (Phi) is 8.68. The highest BCUT2D eigenvalue weighted by Gasteiger charge is 2.16. The molecule has 0 aromatic carbocycles. The average Bonchev–Trinajstić information content (AvgIpc) is 2.84. The molecule has 0 aliphatic rings. The highest BCUT2D eigenvalue weighted by molar-refractivity contribution is 7.91. The van der Waals surface area contributed by atoms with Crippen LogP contribution in [-0.4, -0.2) is 19.9 Å². The van der Waals surface area contributed by atoms with Crippen LogP contribution in [-0.2, 0) is 10.0 Å². The fraction of sp³-hybridized carbons (Fsp3) is 0.769. The third-order valence-electron chi connectivity index (χ3n) is 3.04. The molecule has 0 atom stereocenters. The summed E-state index contributed by atoms with van der Waals surface area (Å²) in [7, 11) is -3.42. The minimum absolute atomic E-state index is 0.182. The summed E-state index contributed by atoms with van der Waals surface area (Å²) in [4.78, 5) is 3.74. The Balaban J connectivity index is 2.09. The molecular formula is C13H23ClN2O2S2. The van der Waals surface area contributed by atoms with Gasteiger partial charge in [-0.3, -0.25) is 0 Å². The molecule has 0 spiro atoms. The normalized spacial score (nSPS) is 11.9. The molecule has 0 unspecified atom stereocenters. The van der Waals surface area contributed by atoms with E-state index < -0.39 is 10.0 Å². The topological polar surface area (TPSA) is 59.1 Å². The van der Waals surface area contributed by atoms with Crippen LogP contribution in [0.25, 0.3) is 0 Å². The third kappa shape index (κ3) is 7.02. The summed E-state index contributed by atoms with van der Waals surface area (Å²) in [6.45, 7) is 2.69. The molecule has 1 N–H and O–H groups in total. The van der Waals surface area contributed by atoms with Crippen LogP contribution in [0.2, 0.25) is 4.47 Å². The summed E-state index contributed by atoms with van der Waals surface area (Å²) in [5, 5.41) is 0. The summed E-state index contributed by atoms with van der Waals surface area (Å²) >= 11 is 6.61. The molecule has 1 aromatic heterocycles. The molecule has 0 aliphatic carbocycles. The van der Waals surface area contributed by atoms with Crippen LogP contribution in [0.15, 0.2) is 10.4 Å². The number of halogens is 1. The summed E-state index contributed by atoms with van der Waals surface area (Å²) < 4.78 is 26.7. The van der Waals surface area contributed by atoms with Gasteiger partial charge in [0.15, 0.2) is 8.68 Å². The van der Waals surface area contributed by atoms with Crippen molar-refractivity contribution in [3.8, 4) is 0 Å². The minimum Gasteiger partial charge on any atom is -0.232 e. The largest absolute Gasteiger partial charge is 0.251 e. The maximum Gasteiger partial charge on any atom is 0.251 e. The van der Waals surface area contributed by atoms with E-state index in [1.165, 1.54) is 44.7 Å². The molecule has 7 heteroatoms. The van der Waals surface area contributed by atoms with Gasteiger partial charge < -0.3 is 0 Å². The van der Waals surface area contributed by atoms with E-state index in [9.17, 15) is 8.42 Å². The molecule has 0 aliphatic heterocycles. The number of nitrogens with zero attached hydrogens (tertiary/aromatic N) is 1. The van der Waals surface area contributed by atoms with Crippen LogP contribution < -0.4 is 4.72 Å². The van der Waals surface area contributed by atoms with Crippen LogP contribution in [0.1, 0.15) is 58.3 Å². The fourth-order valence-corrected chi connectivity index (χ4v) is 4.31. The Labute approximate surface area is 131 Å². The van der Waals surface area contributed by atoms with E-state index in [0.717, 1.165) is 24.2 Å². The first-order chi connectivity index (χ1) is 9.56. The maximum absolute atomic E-state index is 11.9. The van der Waals surface area contributed by atoms with Gasteiger partial charge in [-0.15, -0.1) is 0 Å². The van der Waals surface area contributed by atoms with Crippen LogP contribution >= 0.6 is 22.9 Å². The lowest BCUT2D eigenvalue weighted by atomic mass is 10.1. The third-order valence-corrected chi connectivity index (χ3v) is 6.08. The first kappa shape index (κ1) is 17.9. The smallest absolute Gasteiger partial charge is 0.232 e. The van der Waals surface area contributed by atoms with E-state index in [0.29, 0.717) is 6.54 Å². The van der Waals surface area contributed by atoms with Crippen molar-refractivity contribution in [1.82, 2.24) is 9.71 Å². The van der Waals surface area contributed by atoms with E-state index in [-0.39, 0.29) is 8.68 Å². The van der Waals surface area contributed by atoms with E-state index in [1.807, 2.05) is 0 Å². The van der Waals surface area contributed by atoms with Crippen molar-refractivity contribution < 1.29 is 8.42 Å². The first-order valence-corrected chi connectivity index (χ1v) is 9.85. The number of thiazole rings is 1. The van der Waals surface area contributed by atoms with Gasteiger partial charge in [-0.2, -0.15) is 0 Å². The maximum atomic E-state index is 11.9. The second-order valence-electron chi connectivity index (χ2n) is 4.80. The zero-order chi connectivity index (χ0) is 14.8. The summed E-state index contributed by atoms with van der Waals surface area (Å²) in [6.07, 6.45) is 10.9. The Morgan fingerprint density at radius 1 is 1.15 bits per heavy atom. The molecule has 0 bridgehead atoms. The molecule has 1 heterocycles. The second kappa shape index (κ2) is 9.71. The van der Waals surface area contributed by atoms with E-state index in [2.05, 4.69) is 16.6 Å². The van der Waals surface area contributed by atoms with Crippen molar-refractivity contribution in [3.05, 3.63) is 10.7 Å². The molecule has 0 amide bonds. The summed E-state index contributed by atoms with van der Waals surface area (Å²) in [5.74, 6) is 0. The SMILES string of the molecule is CCCCCCCCCCNS(=O)(=O)c1cnc(Cl)s1. The number of rotatable bonds is 11. The van der Waals surface area contributed by atoms with Crippen molar-refractivity contribution in [2.75, 3.05) is 6.54 Å². The molecule has 0 radical (unpaired) electrons. The molecule has 0 saturated carbocycles. The lowest BCUT2D eigenvalue weighted by Crippen LogP contribution is -2.23. The molecular weight excluding hydrogens is 316 g/mol. The van der Waals surface area contributed by atoms with Gasteiger partial charge in [-0.25, -0.2) is 18.1 Å². The van der Waals surface area contributed by atoms with Crippen molar-refractivity contribution in [3.63, 3.8) is 0 Å². The Hall–Kier alpha value is -0.170. The number of hydrogen-bond donors (Lipinski definition) is 1. The van der Waals surface area contributed by atoms with Crippen LogP contribution in [0.5, 0.6) is 0 Å². The van der Waals surface area contributed by atoms with Gasteiger partial charge in [0.05, 0.1) is 6.20 Å². The van der Waals surface area contributed by atoms with Crippen LogP contribution in [0, 0.1) is 0 Å². The van der Waals surface area contributed by atoms with Gasteiger partial charge in [0.2, 0.25) is 0 Å². The fourth-order valence-electron chi connectivity index (χ4n) is 1.90. The summed E-state index contributed by atoms with van der Waals surface area (Å²) in [5.41, 5.74) is 0. The van der Waals surface area contributed by atoms with Gasteiger partial charge in [-0.05, 0) is 6.42 Å². The summed E-state index contributed by atoms with van der Waals surface area (Å²) in [6, 6.07) is 0. The van der Waals surface area contributed by atoms with E-state index in [1.54, 1.807) is 0 Å². The molecule has 116 valence electrons. The highest BCUT2D eigenvalue weighted by atomic mass is 35.5. The Morgan fingerprint density at radius 3 is 2.30 bits per heavy atom. The molecule has 1 aromatic rings. The number of hydrogen-bond acceptors (Lipinski definition) is 4. The molecule has 0 saturated heterocycles. The quantitative estimate of drug-likeness (QED) is 0.615. The van der Waals surface area contributed by atoms with Crippen LogP contribution in [0.4, 0.5) is 0 Å². The molecule has 20 heavy (non-hydrogen) atoms. The zero-order valence-electron chi connectivity index (χ0n) is 11.9. The van der Waals surface area contributed by atoms with Crippen LogP contribution in [0.3, 0.4) is 0 Å². The average molecular weight is 339 g/mol. The predicted molar refractivity (Wildman–Crippen MR) is 84.9 cm³/mol. The molecule has 1 rings (SSSR count). The van der Waals surface area contributed by atoms with Gasteiger partial charge in [-0.1, -0.05) is 74.8 Å². The monoisotopic (exact) mass is 338 g/mol. The van der Waals surface area contributed by atoms with Crippen molar-refractivity contribution >= 4 is 33.0 Å².